The summed E-state index contributed by atoms with van der Waals surface area (Å²) in [5.74, 6) is 0.0529. The molecule has 0 spiro atoms. The third-order valence-corrected chi connectivity index (χ3v) is 4.60. The molecule has 3 heteroatoms. The third kappa shape index (κ3) is 3.92. The fourth-order valence-corrected chi connectivity index (χ4v) is 3.09. The monoisotopic (exact) mass is 320 g/mol. The standard InChI is InChI=1S/C21H24N2O/c1-16-7-6-10-20(15-16)22-21(24)17(2)23-13-11-19(12-14-23)18-8-4-3-5-9-18/h3-11,15,17H,12-14H2,1-2H3,(H,22,24)/t17-/m0/s1. The van der Waals surface area contributed by atoms with Crippen LogP contribution in [0.4, 0.5) is 5.69 Å². The fraction of sp³-hybridized carbons (Fsp3) is 0.286. The topological polar surface area (TPSA) is 32.3 Å². The van der Waals surface area contributed by atoms with Crippen molar-refractivity contribution in [3.05, 3.63) is 71.8 Å². The third-order valence-electron chi connectivity index (χ3n) is 4.60. The molecule has 0 unspecified atom stereocenters. The van der Waals surface area contributed by atoms with Gasteiger partial charge < -0.3 is 5.32 Å². The molecular weight excluding hydrogens is 296 g/mol. The maximum atomic E-state index is 12.5. The van der Waals surface area contributed by atoms with Crippen molar-refractivity contribution in [2.45, 2.75) is 26.3 Å². The van der Waals surface area contributed by atoms with Crippen molar-refractivity contribution >= 4 is 17.2 Å². The highest BCUT2D eigenvalue weighted by molar-refractivity contribution is 5.94. The summed E-state index contributed by atoms with van der Waals surface area (Å²) in [5.41, 5.74) is 4.67. The van der Waals surface area contributed by atoms with Crippen molar-refractivity contribution in [1.82, 2.24) is 4.90 Å². The van der Waals surface area contributed by atoms with Gasteiger partial charge in [0.15, 0.2) is 0 Å². The Bertz CT molecular complexity index is 737. The van der Waals surface area contributed by atoms with Crippen LogP contribution in [0.1, 0.15) is 24.5 Å². The first kappa shape index (κ1) is 16.5. The van der Waals surface area contributed by atoms with Gasteiger partial charge in [0, 0.05) is 18.8 Å². The van der Waals surface area contributed by atoms with Crippen molar-refractivity contribution in [3.63, 3.8) is 0 Å². The van der Waals surface area contributed by atoms with Crippen molar-refractivity contribution in [1.29, 1.82) is 0 Å². The fourth-order valence-electron chi connectivity index (χ4n) is 3.09. The summed E-state index contributed by atoms with van der Waals surface area (Å²) < 4.78 is 0. The molecule has 1 aliphatic heterocycles. The minimum atomic E-state index is -0.140. The normalized spacial score (nSPS) is 16.3. The second-order valence-electron chi connectivity index (χ2n) is 6.38. The van der Waals surface area contributed by atoms with Gasteiger partial charge >= 0.3 is 0 Å². The average Bonchev–Trinajstić information content (AvgIpc) is 2.62. The zero-order valence-corrected chi connectivity index (χ0v) is 14.3. The number of anilines is 1. The minimum absolute atomic E-state index is 0.0529. The van der Waals surface area contributed by atoms with Crippen LogP contribution in [0.15, 0.2) is 60.7 Å². The van der Waals surface area contributed by atoms with Crippen LogP contribution < -0.4 is 5.32 Å². The molecule has 0 radical (unpaired) electrons. The largest absolute Gasteiger partial charge is 0.325 e. The maximum Gasteiger partial charge on any atom is 0.241 e. The van der Waals surface area contributed by atoms with Gasteiger partial charge in [-0.15, -0.1) is 0 Å². The summed E-state index contributed by atoms with van der Waals surface area (Å²) in [4.78, 5) is 14.7. The average molecular weight is 320 g/mol. The second kappa shape index (κ2) is 7.45. The lowest BCUT2D eigenvalue weighted by atomic mass is 9.99. The Hall–Kier alpha value is -2.39. The van der Waals surface area contributed by atoms with Crippen LogP contribution in [0.25, 0.3) is 5.57 Å². The zero-order chi connectivity index (χ0) is 16.9. The van der Waals surface area contributed by atoms with Crippen LogP contribution in [0.3, 0.4) is 0 Å². The Kier molecular flexibility index (Phi) is 5.11. The second-order valence-corrected chi connectivity index (χ2v) is 6.38. The van der Waals surface area contributed by atoms with E-state index in [0.717, 1.165) is 30.8 Å². The predicted octanol–water partition coefficient (Wildman–Crippen LogP) is 4.11. The molecule has 3 nitrogen and oxygen atoms in total. The molecule has 0 aliphatic carbocycles. The summed E-state index contributed by atoms with van der Waals surface area (Å²) >= 11 is 0. The van der Waals surface area contributed by atoms with Crippen molar-refractivity contribution in [2.75, 3.05) is 18.4 Å². The summed E-state index contributed by atoms with van der Waals surface area (Å²) in [7, 11) is 0. The lowest BCUT2D eigenvalue weighted by Crippen LogP contribution is -2.44. The van der Waals surface area contributed by atoms with E-state index in [4.69, 9.17) is 0 Å². The number of nitrogens with one attached hydrogen (secondary N) is 1. The molecule has 24 heavy (non-hydrogen) atoms. The van der Waals surface area contributed by atoms with Gasteiger partial charge in [-0.3, -0.25) is 9.69 Å². The van der Waals surface area contributed by atoms with Gasteiger partial charge in [0.25, 0.3) is 0 Å². The zero-order valence-electron chi connectivity index (χ0n) is 14.3. The number of rotatable bonds is 4. The van der Waals surface area contributed by atoms with E-state index >= 15 is 0 Å². The van der Waals surface area contributed by atoms with Crippen LogP contribution in [-0.4, -0.2) is 29.9 Å². The molecule has 1 amide bonds. The van der Waals surface area contributed by atoms with Crippen LogP contribution in [-0.2, 0) is 4.79 Å². The molecule has 2 aromatic carbocycles. The summed E-state index contributed by atoms with van der Waals surface area (Å²) in [6.07, 6.45) is 3.22. The number of carbonyl (C=O) groups excluding carboxylic acids is 1. The Morgan fingerprint density at radius 2 is 1.92 bits per heavy atom. The van der Waals surface area contributed by atoms with Crippen LogP contribution >= 0.6 is 0 Å². The smallest absolute Gasteiger partial charge is 0.241 e. The molecule has 3 rings (SSSR count). The number of hydrogen-bond donors (Lipinski definition) is 1. The first-order valence-electron chi connectivity index (χ1n) is 8.49. The van der Waals surface area contributed by atoms with Gasteiger partial charge in [0.05, 0.1) is 6.04 Å². The Balaban J connectivity index is 1.61. The summed E-state index contributed by atoms with van der Waals surface area (Å²) in [5, 5.41) is 3.02. The van der Waals surface area contributed by atoms with Gasteiger partial charge in [0.2, 0.25) is 5.91 Å². The molecule has 1 N–H and O–H groups in total. The van der Waals surface area contributed by atoms with E-state index in [2.05, 4.69) is 40.6 Å². The van der Waals surface area contributed by atoms with E-state index in [0.29, 0.717) is 0 Å². The quantitative estimate of drug-likeness (QED) is 0.919. The maximum absolute atomic E-state index is 12.5. The highest BCUT2D eigenvalue weighted by Gasteiger charge is 2.23. The van der Waals surface area contributed by atoms with Crippen LogP contribution in [0, 0.1) is 6.92 Å². The van der Waals surface area contributed by atoms with E-state index in [-0.39, 0.29) is 11.9 Å². The van der Waals surface area contributed by atoms with Gasteiger partial charge in [-0.2, -0.15) is 0 Å². The predicted molar refractivity (Wildman–Crippen MR) is 99.9 cm³/mol. The molecule has 0 aromatic heterocycles. The van der Waals surface area contributed by atoms with Crippen molar-refractivity contribution < 1.29 is 4.79 Å². The molecule has 1 heterocycles. The van der Waals surface area contributed by atoms with Gasteiger partial charge in [-0.25, -0.2) is 0 Å². The first-order valence-corrected chi connectivity index (χ1v) is 8.49. The van der Waals surface area contributed by atoms with E-state index < -0.39 is 0 Å². The molecule has 0 fully saturated rings. The highest BCUT2D eigenvalue weighted by atomic mass is 16.2. The summed E-state index contributed by atoms with van der Waals surface area (Å²) in [6, 6.07) is 18.3. The molecule has 124 valence electrons. The molecule has 0 bridgehead atoms. The number of amides is 1. The number of nitrogens with zero attached hydrogens (tertiary/aromatic N) is 1. The lowest BCUT2D eigenvalue weighted by molar-refractivity contribution is -0.120. The SMILES string of the molecule is Cc1cccc(NC(=O)[C@H](C)N2CC=C(c3ccccc3)CC2)c1. The summed E-state index contributed by atoms with van der Waals surface area (Å²) in [6.45, 7) is 5.72. The number of benzene rings is 2. The van der Waals surface area contributed by atoms with E-state index in [1.165, 1.54) is 11.1 Å². The van der Waals surface area contributed by atoms with E-state index in [1.807, 2.05) is 44.2 Å². The Morgan fingerprint density at radius 3 is 2.58 bits per heavy atom. The molecule has 1 atom stereocenters. The molecule has 0 saturated heterocycles. The first-order chi connectivity index (χ1) is 11.6. The van der Waals surface area contributed by atoms with Crippen LogP contribution in [0.5, 0.6) is 0 Å². The van der Waals surface area contributed by atoms with Crippen molar-refractivity contribution in [3.8, 4) is 0 Å². The molecule has 0 saturated carbocycles. The highest BCUT2D eigenvalue weighted by Crippen LogP contribution is 2.23. The Labute approximate surface area is 144 Å². The molecule has 2 aromatic rings. The van der Waals surface area contributed by atoms with Gasteiger partial charge in [0.1, 0.15) is 0 Å². The van der Waals surface area contributed by atoms with Crippen LogP contribution in [0.2, 0.25) is 0 Å². The van der Waals surface area contributed by atoms with Crippen molar-refractivity contribution in [2.24, 2.45) is 0 Å². The molecular formula is C21H24N2O. The van der Waals surface area contributed by atoms with Gasteiger partial charge in [-0.1, -0.05) is 48.5 Å². The number of hydrogen-bond acceptors (Lipinski definition) is 2. The van der Waals surface area contributed by atoms with E-state index in [1.54, 1.807) is 0 Å². The van der Waals surface area contributed by atoms with Gasteiger partial charge in [-0.05, 0) is 49.1 Å². The number of aryl methyl sites for hydroxylation is 1. The minimum Gasteiger partial charge on any atom is -0.325 e. The molecule has 1 aliphatic rings. The Morgan fingerprint density at radius 1 is 1.12 bits per heavy atom. The lowest BCUT2D eigenvalue weighted by Gasteiger charge is -2.31. The number of carbonyl (C=O) groups is 1. The van der Waals surface area contributed by atoms with E-state index in [9.17, 15) is 4.79 Å².